The molecule has 4 rings (SSSR count). The minimum Gasteiger partial charge on any atom is -0.380 e. The van der Waals surface area contributed by atoms with Crippen LogP contribution in [-0.4, -0.2) is 51.6 Å². The summed E-state index contributed by atoms with van der Waals surface area (Å²) in [5.41, 5.74) is 1.44. The topological polar surface area (TPSA) is 86.8 Å². The van der Waals surface area contributed by atoms with E-state index in [1.165, 1.54) is 20.7 Å². The van der Waals surface area contributed by atoms with Gasteiger partial charge in [-0.15, -0.1) is 0 Å². The van der Waals surface area contributed by atoms with Gasteiger partial charge < -0.3 is 5.32 Å². The molecule has 2 fully saturated rings. The molecule has 7 nitrogen and oxygen atoms in total. The Morgan fingerprint density at radius 2 is 1.25 bits per heavy atom. The van der Waals surface area contributed by atoms with Crippen LogP contribution in [0.5, 0.6) is 0 Å². The zero-order valence-electron chi connectivity index (χ0n) is 18.2. The number of anilines is 1. The van der Waals surface area contributed by atoms with Crippen LogP contribution in [0.15, 0.2) is 58.3 Å². The molecular weight excluding hydrogens is 446 g/mol. The van der Waals surface area contributed by atoms with Crippen molar-refractivity contribution in [2.75, 3.05) is 31.5 Å². The van der Waals surface area contributed by atoms with Crippen LogP contribution in [0.3, 0.4) is 0 Å². The van der Waals surface area contributed by atoms with Crippen LogP contribution in [0, 0.1) is 0 Å². The highest BCUT2D eigenvalue weighted by Gasteiger charge is 2.32. The zero-order valence-corrected chi connectivity index (χ0v) is 19.9. The fourth-order valence-electron chi connectivity index (χ4n) is 4.31. The largest absolute Gasteiger partial charge is 0.380 e. The lowest BCUT2D eigenvalue weighted by Crippen LogP contribution is -2.37. The van der Waals surface area contributed by atoms with E-state index in [2.05, 4.69) is 5.32 Å². The lowest BCUT2D eigenvalue weighted by molar-refractivity contribution is 0.345. The van der Waals surface area contributed by atoms with E-state index in [0.717, 1.165) is 44.1 Å². The Labute approximate surface area is 191 Å². The molecule has 0 bridgehead atoms. The van der Waals surface area contributed by atoms with Gasteiger partial charge in [0.05, 0.1) is 10.6 Å². The molecule has 0 saturated carbocycles. The van der Waals surface area contributed by atoms with Crippen molar-refractivity contribution in [2.24, 2.45) is 0 Å². The summed E-state index contributed by atoms with van der Waals surface area (Å²) in [7, 11) is -7.56. The second-order valence-corrected chi connectivity index (χ2v) is 12.3. The summed E-state index contributed by atoms with van der Waals surface area (Å²) in [6.07, 6.45) is 5.32. The van der Waals surface area contributed by atoms with Gasteiger partial charge >= 0.3 is 0 Å². The summed E-state index contributed by atoms with van der Waals surface area (Å²) >= 11 is 0. The number of hydrogen-bond acceptors (Lipinski definition) is 5. The predicted molar refractivity (Wildman–Crippen MR) is 125 cm³/mol. The highest BCUT2D eigenvalue weighted by atomic mass is 32.2. The van der Waals surface area contributed by atoms with Gasteiger partial charge in [-0.3, -0.25) is 0 Å². The SMILES string of the molecule is O=S(=O)(c1ccc(NCc2ccccc2)c(S(=O)(=O)N2CCCCC2)c1)N1CCCCC1. The van der Waals surface area contributed by atoms with Gasteiger partial charge in [-0.25, -0.2) is 16.8 Å². The van der Waals surface area contributed by atoms with E-state index in [9.17, 15) is 16.8 Å². The fraction of sp³-hybridized carbons (Fsp3) is 0.478. The monoisotopic (exact) mass is 477 g/mol. The van der Waals surface area contributed by atoms with Crippen LogP contribution in [0.1, 0.15) is 44.1 Å². The summed E-state index contributed by atoms with van der Waals surface area (Å²) in [6.45, 7) is 2.32. The van der Waals surface area contributed by atoms with E-state index >= 15 is 0 Å². The van der Waals surface area contributed by atoms with E-state index in [0.29, 0.717) is 38.4 Å². The quantitative estimate of drug-likeness (QED) is 0.658. The highest BCUT2D eigenvalue weighted by Crippen LogP contribution is 2.31. The van der Waals surface area contributed by atoms with Crippen molar-refractivity contribution in [1.29, 1.82) is 0 Å². The molecule has 1 N–H and O–H groups in total. The van der Waals surface area contributed by atoms with Gasteiger partial charge in [-0.2, -0.15) is 8.61 Å². The molecule has 2 saturated heterocycles. The van der Waals surface area contributed by atoms with Crippen molar-refractivity contribution in [3.63, 3.8) is 0 Å². The third-order valence-electron chi connectivity index (χ3n) is 6.16. The average Bonchev–Trinajstić information content (AvgIpc) is 2.84. The van der Waals surface area contributed by atoms with Crippen molar-refractivity contribution in [3.05, 3.63) is 54.1 Å². The van der Waals surface area contributed by atoms with Crippen LogP contribution in [0.25, 0.3) is 0 Å². The second-order valence-electron chi connectivity index (χ2n) is 8.43. The van der Waals surface area contributed by atoms with Gasteiger partial charge in [0.2, 0.25) is 20.0 Å². The van der Waals surface area contributed by atoms with Crippen molar-refractivity contribution >= 4 is 25.7 Å². The Hall–Kier alpha value is -1.94. The molecule has 174 valence electrons. The maximum absolute atomic E-state index is 13.6. The van der Waals surface area contributed by atoms with Gasteiger partial charge in [0, 0.05) is 32.7 Å². The summed E-state index contributed by atoms with van der Waals surface area (Å²) < 4.78 is 56.5. The molecule has 2 aromatic carbocycles. The Balaban J connectivity index is 1.71. The third kappa shape index (κ3) is 5.01. The first-order valence-corrected chi connectivity index (χ1v) is 14.2. The van der Waals surface area contributed by atoms with E-state index in [1.54, 1.807) is 6.07 Å². The van der Waals surface area contributed by atoms with Gasteiger partial charge in [0.1, 0.15) is 4.90 Å². The number of hydrogen-bond donors (Lipinski definition) is 1. The van der Waals surface area contributed by atoms with Gasteiger partial charge in [-0.1, -0.05) is 43.2 Å². The minimum absolute atomic E-state index is 0.0356. The Morgan fingerprint density at radius 3 is 1.84 bits per heavy atom. The highest BCUT2D eigenvalue weighted by molar-refractivity contribution is 7.90. The van der Waals surface area contributed by atoms with Crippen LogP contribution in [0.2, 0.25) is 0 Å². The number of sulfonamides is 2. The van der Waals surface area contributed by atoms with E-state index in [1.807, 2.05) is 30.3 Å². The first kappa shape index (κ1) is 23.2. The molecule has 0 atom stereocenters. The van der Waals surface area contributed by atoms with Crippen LogP contribution >= 0.6 is 0 Å². The van der Waals surface area contributed by atoms with Crippen LogP contribution < -0.4 is 5.32 Å². The molecular formula is C23H31N3O4S2. The molecule has 0 spiro atoms. The van der Waals surface area contributed by atoms with Gasteiger partial charge in [-0.05, 0) is 49.4 Å². The number of benzene rings is 2. The van der Waals surface area contributed by atoms with E-state index in [-0.39, 0.29) is 9.79 Å². The molecule has 0 aliphatic carbocycles. The molecule has 2 aromatic rings. The Morgan fingerprint density at radius 1 is 0.688 bits per heavy atom. The lowest BCUT2D eigenvalue weighted by Gasteiger charge is -2.28. The maximum Gasteiger partial charge on any atom is 0.245 e. The third-order valence-corrected chi connectivity index (χ3v) is 10.00. The zero-order chi connectivity index (χ0) is 22.6. The summed E-state index contributed by atoms with van der Waals surface area (Å²) in [5, 5.41) is 3.22. The molecule has 2 heterocycles. The summed E-state index contributed by atoms with van der Waals surface area (Å²) in [6, 6.07) is 14.2. The second kappa shape index (κ2) is 9.91. The molecule has 9 heteroatoms. The predicted octanol–water partition coefficient (Wildman–Crippen LogP) is 3.65. The van der Waals surface area contributed by atoms with Crippen molar-refractivity contribution < 1.29 is 16.8 Å². The molecule has 2 aliphatic rings. The van der Waals surface area contributed by atoms with Gasteiger partial charge in [0.15, 0.2) is 0 Å². The Kier molecular flexibility index (Phi) is 7.19. The number of nitrogens with one attached hydrogen (secondary N) is 1. The first-order chi connectivity index (χ1) is 15.4. The van der Waals surface area contributed by atoms with E-state index < -0.39 is 20.0 Å². The molecule has 0 aromatic heterocycles. The van der Waals surface area contributed by atoms with Crippen molar-refractivity contribution in [3.8, 4) is 0 Å². The minimum atomic E-state index is -3.82. The number of piperidine rings is 2. The standard InChI is InChI=1S/C23H31N3O4S2/c27-31(28,25-14-6-2-7-15-25)21-12-13-22(24-19-20-10-4-1-5-11-20)23(18-21)32(29,30)26-16-8-3-9-17-26/h1,4-5,10-13,18,24H,2-3,6-9,14-17,19H2. The molecule has 32 heavy (non-hydrogen) atoms. The fourth-order valence-corrected chi connectivity index (χ4v) is 7.64. The molecule has 2 aliphatic heterocycles. The lowest BCUT2D eigenvalue weighted by atomic mass is 10.2. The Bertz CT molecular complexity index is 1120. The number of nitrogens with zero attached hydrogens (tertiary/aromatic N) is 2. The summed E-state index contributed by atoms with van der Waals surface area (Å²) in [5.74, 6) is 0. The molecule has 0 unspecified atom stereocenters. The average molecular weight is 478 g/mol. The number of rotatable bonds is 7. The normalized spacial score (nSPS) is 19.0. The van der Waals surface area contributed by atoms with Crippen LogP contribution in [0.4, 0.5) is 5.69 Å². The van der Waals surface area contributed by atoms with Crippen molar-refractivity contribution in [2.45, 2.75) is 54.9 Å². The summed E-state index contributed by atoms with van der Waals surface area (Å²) in [4.78, 5) is 0.0775. The van der Waals surface area contributed by atoms with E-state index in [4.69, 9.17) is 0 Å². The first-order valence-electron chi connectivity index (χ1n) is 11.3. The smallest absolute Gasteiger partial charge is 0.245 e. The maximum atomic E-state index is 13.6. The molecule has 0 radical (unpaired) electrons. The van der Waals surface area contributed by atoms with Crippen molar-refractivity contribution in [1.82, 2.24) is 8.61 Å². The molecule has 0 amide bonds. The van der Waals surface area contributed by atoms with Crippen LogP contribution in [-0.2, 0) is 26.6 Å². The van der Waals surface area contributed by atoms with Gasteiger partial charge in [0.25, 0.3) is 0 Å².